The Hall–Kier alpha value is -2.21. The van der Waals surface area contributed by atoms with Gasteiger partial charge in [0.05, 0.1) is 11.7 Å². The fourth-order valence-corrected chi connectivity index (χ4v) is 3.38. The molecule has 0 aliphatic rings. The van der Waals surface area contributed by atoms with E-state index >= 15 is 0 Å². The van der Waals surface area contributed by atoms with Crippen molar-refractivity contribution in [3.05, 3.63) is 52.3 Å². The van der Waals surface area contributed by atoms with E-state index in [9.17, 15) is 9.59 Å². The third-order valence-corrected chi connectivity index (χ3v) is 4.90. The van der Waals surface area contributed by atoms with Gasteiger partial charge in [-0.05, 0) is 52.3 Å². The number of H-pyrrole nitrogens is 1. The zero-order valence-electron chi connectivity index (χ0n) is 15.9. The number of hydrogen-bond donors (Lipinski definition) is 2. The summed E-state index contributed by atoms with van der Waals surface area (Å²) < 4.78 is 5.25. The number of thioether (sulfide) groups is 1. The third-order valence-electron chi connectivity index (χ3n) is 3.89. The first kappa shape index (κ1) is 20.1. The molecule has 0 unspecified atom stereocenters. The molecule has 0 bridgehead atoms. The summed E-state index contributed by atoms with van der Waals surface area (Å²) in [4.78, 5) is 28.8. The van der Waals surface area contributed by atoms with Gasteiger partial charge in [0, 0.05) is 22.9 Å². The van der Waals surface area contributed by atoms with Crippen LogP contribution >= 0.6 is 11.8 Å². The van der Waals surface area contributed by atoms with Gasteiger partial charge in [-0.15, -0.1) is 11.8 Å². The smallest absolute Gasteiger partial charge is 0.340 e. The summed E-state index contributed by atoms with van der Waals surface area (Å²) in [5, 5.41) is 2.90. The van der Waals surface area contributed by atoms with Crippen molar-refractivity contribution in [3.63, 3.8) is 0 Å². The Bertz CT molecular complexity index is 779. The molecule has 0 saturated heterocycles. The summed E-state index contributed by atoms with van der Waals surface area (Å²) in [7, 11) is 0. The highest BCUT2D eigenvalue weighted by molar-refractivity contribution is 7.99. The Kier molecular flexibility index (Phi) is 6.91. The lowest BCUT2D eigenvalue weighted by Gasteiger charge is -2.08. The van der Waals surface area contributed by atoms with Crippen molar-refractivity contribution in [2.75, 3.05) is 12.3 Å². The molecule has 2 N–H and O–H groups in total. The second kappa shape index (κ2) is 8.94. The number of esters is 1. The van der Waals surface area contributed by atoms with Crippen LogP contribution in [0.5, 0.6) is 0 Å². The van der Waals surface area contributed by atoms with Crippen LogP contribution in [0.4, 0.5) is 0 Å². The lowest BCUT2D eigenvalue weighted by atomic mass is 10.1. The zero-order valence-corrected chi connectivity index (χ0v) is 16.8. The maximum atomic E-state index is 12.4. The summed E-state index contributed by atoms with van der Waals surface area (Å²) in [6.07, 6.45) is -0.202. The summed E-state index contributed by atoms with van der Waals surface area (Å²) in [5.41, 5.74) is 3.35. The normalized spacial score (nSPS) is 10.8. The maximum absolute atomic E-state index is 12.4. The van der Waals surface area contributed by atoms with Gasteiger partial charge in [0.25, 0.3) is 5.91 Å². The van der Waals surface area contributed by atoms with E-state index in [-0.39, 0.29) is 12.0 Å². The quantitative estimate of drug-likeness (QED) is 0.436. The number of rotatable bonds is 7. The van der Waals surface area contributed by atoms with E-state index in [1.165, 1.54) is 10.5 Å². The number of aryl methyl sites for hydroxylation is 2. The molecule has 0 aliphatic carbocycles. The van der Waals surface area contributed by atoms with Gasteiger partial charge in [0.2, 0.25) is 0 Å². The molecule has 0 spiro atoms. The SMILES string of the molecule is Cc1ccc(SCCNC(=O)c2[nH]c(C)c(C(=O)OC(C)C)c2C)cc1. The lowest BCUT2D eigenvalue weighted by Crippen LogP contribution is -2.26. The summed E-state index contributed by atoms with van der Waals surface area (Å²) in [6, 6.07) is 8.30. The van der Waals surface area contributed by atoms with Crippen molar-refractivity contribution >= 4 is 23.6 Å². The molecule has 140 valence electrons. The predicted octanol–water partition coefficient (Wildman–Crippen LogP) is 4.03. The molecular weight excluding hydrogens is 348 g/mol. The van der Waals surface area contributed by atoms with Crippen molar-refractivity contribution in [2.24, 2.45) is 0 Å². The summed E-state index contributed by atoms with van der Waals surface area (Å²) in [5.74, 6) is 0.161. The van der Waals surface area contributed by atoms with Crippen molar-refractivity contribution in [3.8, 4) is 0 Å². The molecule has 0 saturated carbocycles. The topological polar surface area (TPSA) is 71.2 Å². The fraction of sp³-hybridized carbons (Fsp3) is 0.400. The second-order valence-electron chi connectivity index (χ2n) is 6.50. The van der Waals surface area contributed by atoms with E-state index in [1.54, 1.807) is 39.5 Å². The van der Waals surface area contributed by atoms with Gasteiger partial charge in [-0.2, -0.15) is 0 Å². The van der Waals surface area contributed by atoms with Gasteiger partial charge >= 0.3 is 5.97 Å². The second-order valence-corrected chi connectivity index (χ2v) is 7.66. The number of carbonyl (C=O) groups excluding carboxylic acids is 2. The van der Waals surface area contributed by atoms with E-state index < -0.39 is 5.97 Å². The number of amides is 1. The first-order valence-electron chi connectivity index (χ1n) is 8.67. The largest absolute Gasteiger partial charge is 0.459 e. The van der Waals surface area contributed by atoms with Crippen LogP contribution < -0.4 is 5.32 Å². The van der Waals surface area contributed by atoms with Gasteiger partial charge in [-0.1, -0.05) is 17.7 Å². The molecule has 5 nitrogen and oxygen atoms in total. The monoisotopic (exact) mass is 374 g/mol. The summed E-state index contributed by atoms with van der Waals surface area (Å²) >= 11 is 1.69. The molecular formula is C20H26N2O3S. The molecule has 0 atom stereocenters. The lowest BCUT2D eigenvalue weighted by molar-refractivity contribution is 0.0376. The van der Waals surface area contributed by atoms with Gasteiger partial charge in [0.15, 0.2) is 0 Å². The number of aromatic amines is 1. The third kappa shape index (κ3) is 5.14. The van der Waals surface area contributed by atoms with E-state index in [1.807, 2.05) is 0 Å². The average Bonchev–Trinajstić information content (AvgIpc) is 2.87. The molecule has 0 aliphatic heterocycles. The molecule has 0 fully saturated rings. The molecule has 26 heavy (non-hydrogen) atoms. The number of hydrogen-bond acceptors (Lipinski definition) is 4. The molecule has 2 aromatic rings. The van der Waals surface area contributed by atoms with Crippen LogP contribution in [0.3, 0.4) is 0 Å². The van der Waals surface area contributed by atoms with Crippen molar-refractivity contribution in [1.82, 2.24) is 10.3 Å². The molecule has 1 heterocycles. The first-order chi connectivity index (χ1) is 12.3. The minimum Gasteiger partial charge on any atom is -0.459 e. The van der Waals surface area contributed by atoms with Crippen molar-refractivity contribution in [2.45, 2.75) is 45.6 Å². The van der Waals surface area contributed by atoms with Gasteiger partial charge in [-0.25, -0.2) is 4.79 Å². The Morgan fingerprint density at radius 3 is 2.42 bits per heavy atom. The number of aromatic nitrogens is 1. The van der Waals surface area contributed by atoms with Gasteiger partial charge in [0.1, 0.15) is 5.69 Å². The Morgan fingerprint density at radius 1 is 1.15 bits per heavy atom. The molecule has 1 amide bonds. The van der Waals surface area contributed by atoms with E-state index in [0.717, 1.165) is 5.75 Å². The van der Waals surface area contributed by atoms with Crippen LogP contribution in [0, 0.1) is 20.8 Å². The Labute approximate surface area is 158 Å². The molecule has 2 rings (SSSR count). The van der Waals surface area contributed by atoms with Crippen LogP contribution in [0.25, 0.3) is 0 Å². The zero-order chi connectivity index (χ0) is 19.3. The van der Waals surface area contributed by atoms with Crippen LogP contribution in [-0.4, -0.2) is 35.3 Å². The minimum absolute atomic E-state index is 0.202. The van der Waals surface area contributed by atoms with Crippen molar-refractivity contribution in [1.29, 1.82) is 0 Å². The highest BCUT2D eigenvalue weighted by Gasteiger charge is 2.23. The maximum Gasteiger partial charge on any atom is 0.340 e. The summed E-state index contributed by atoms with van der Waals surface area (Å²) in [6.45, 7) is 9.73. The number of benzene rings is 1. The van der Waals surface area contributed by atoms with Gasteiger partial charge < -0.3 is 15.0 Å². The van der Waals surface area contributed by atoms with Crippen LogP contribution in [-0.2, 0) is 4.74 Å². The molecule has 0 radical (unpaired) electrons. The Morgan fingerprint density at radius 2 is 1.81 bits per heavy atom. The van der Waals surface area contributed by atoms with Crippen LogP contribution in [0.15, 0.2) is 29.2 Å². The predicted molar refractivity (Wildman–Crippen MR) is 105 cm³/mol. The van der Waals surface area contributed by atoms with Crippen LogP contribution in [0.2, 0.25) is 0 Å². The number of ether oxygens (including phenoxy) is 1. The number of nitrogens with one attached hydrogen (secondary N) is 2. The van der Waals surface area contributed by atoms with E-state index in [4.69, 9.17) is 4.74 Å². The van der Waals surface area contributed by atoms with Crippen molar-refractivity contribution < 1.29 is 14.3 Å². The molecule has 1 aromatic heterocycles. The van der Waals surface area contributed by atoms with E-state index in [0.29, 0.717) is 29.1 Å². The standard InChI is InChI=1S/C20H26N2O3S/c1-12(2)25-20(24)17-14(4)18(22-15(17)5)19(23)21-10-11-26-16-8-6-13(3)7-9-16/h6-9,12,22H,10-11H2,1-5H3,(H,21,23). The van der Waals surface area contributed by atoms with E-state index in [2.05, 4.69) is 41.5 Å². The first-order valence-corrected chi connectivity index (χ1v) is 9.66. The average molecular weight is 375 g/mol. The molecule has 1 aromatic carbocycles. The molecule has 6 heteroatoms. The fourth-order valence-electron chi connectivity index (χ4n) is 2.61. The minimum atomic E-state index is -0.403. The Balaban J connectivity index is 1.93. The highest BCUT2D eigenvalue weighted by Crippen LogP contribution is 2.20. The highest BCUT2D eigenvalue weighted by atomic mass is 32.2. The van der Waals surface area contributed by atoms with Crippen LogP contribution in [0.1, 0.15) is 51.5 Å². The van der Waals surface area contributed by atoms with Gasteiger partial charge in [-0.3, -0.25) is 4.79 Å². The number of carbonyl (C=O) groups is 2.